The van der Waals surface area contributed by atoms with Gasteiger partial charge in [-0.05, 0) is 36.8 Å². The maximum atomic E-state index is 14.0. The van der Waals surface area contributed by atoms with Crippen LogP contribution in [0.25, 0.3) is 26.3 Å². The summed E-state index contributed by atoms with van der Waals surface area (Å²) in [6, 6.07) is 22.6. The van der Waals surface area contributed by atoms with Crippen LogP contribution in [0.4, 0.5) is 0 Å². The first-order valence-corrected chi connectivity index (χ1v) is 12.6. The van der Waals surface area contributed by atoms with Gasteiger partial charge in [0.2, 0.25) is 5.13 Å². The molecule has 4 aromatic heterocycles. The second-order valence-corrected chi connectivity index (χ2v) is 9.95. The SMILES string of the molecule is Cc1c2c(=O)n(-c3nc4ccccc4s3)n(Cc3ccccc3)c2cc(=O)n1Cc1cc(Cl)ccn1. The van der Waals surface area contributed by atoms with E-state index in [9.17, 15) is 9.59 Å². The topological polar surface area (TPSA) is 74.7 Å². The van der Waals surface area contributed by atoms with Crippen LogP contribution in [0.2, 0.25) is 5.02 Å². The number of rotatable bonds is 5. The number of fused-ring (bicyclic) bond motifs is 2. The van der Waals surface area contributed by atoms with Gasteiger partial charge in [0.1, 0.15) is 0 Å². The number of pyridine rings is 2. The zero-order valence-electron chi connectivity index (χ0n) is 19.3. The van der Waals surface area contributed by atoms with Gasteiger partial charge in [-0.1, -0.05) is 65.4 Å². The number of halogens is 1. The van der Waals surface area contributed by atoms with Crippen molar-refractivity contribution in [2.45, 2.75) is 20.0 Å². The summed E-state index contributed by atoms with van der Waals surface area (Å²) in [4.78, 5) is 36.3. The van der Waals surface area contributed by atoms with Gasteiger partial charge < -0.3 is 4.57 Å². The smallest absolute Gasteiger partial charge is 0.283 e. The van der Waals surface area contributed by atoms with Gasteiger partial charge >= 0.3 is 0 Å². The van der Waals surface area contributed by atoms with E-state index in [1.165, 1.54) is 17.4 Å². The molecule has 0 fully saturated rings. The first-order valence-electron chi connectivity index (χ1n) is 11.4. The number of aryl methyl sites for hydroxylation is 1. The molecule has 0 spiro atoms. The van der Waals surface area contributed by atoms with E-state index in [-0.39, 0.29) is 17.7 Å². The van der Waals surface area contributed by atoms with Gasteiger partial charge in [0, 0.05) is 23.0 Å². The summed E-state index contributed by atoms with van der Waals surface area (Å²) >= 11 is 7.57. The van der Waals surface area contributed by atoms with E-state index in [2.05, 4.69) is 4.98 Å². The van der Waals surface area contributed by atoms with Crippen molar-refractivity contribution in [1.82, 2.24) is 23.9 Å². The lowest BCUT2D eigenvalue weighted by molar-refractivity contribution is 0.610. The van der Waals surface area contributed by atoms with Crippen molar-refractivity contribution in [1.29, 1.82) is 0 Å². The third-order valence-corrected chi connectivity index (χ3v) is 7.46. The highest BCUT2D eigenvalue weighted by Gasteiger charge is 2.22. The van der Waals surface area contributed by atoms with Crippen molar-refractivity contribution in [3.63, 3.8) is 0 Å². The van der Waals surface area contributed by atoms with Crippen molar-refractivity contribution < 1.29 is 0 Å². The van der Waals surface area contributed by atoms with Gasteiger partial charge in [-0.2, -0.15) is 4.68 Å². The molecule has 178 valence electrons. The lowest BCUT2D eigenvalue weighted by Crippen LogP contribution is -2.24. The van der Waals surface area contributed by atoms with Crippen LogP contribution in [-0.2, 0) is 13.1 Å². The minimum absolute atomic E-state index is 0.214. The molecule has 2 aromatic carbocycles. The Balaban J connectivity index is 1.61. The predicted octanol–water partition coefficient (Wildman–Crippen LogP) is 5.02. The monoisotopic (exact) mass is 513 g/mol. The minimum Gasteiger partial charge on any atom is -0.306 e. The first-order chi connectivity index (χ1) is 17.5. The van der Waals surface area contributed by atoms with Crippen molar-refractivity contribution in [2.75, 3.05) is 0 Å². The normalized spacial score (nSPS) is 11.5. The number of hydrogen-bond acceptors (Lipinski definition) is 5. The molecule has 0 amide bonds. The summed E-state index contributed by atoms with van der Waals surface area (Å²) in [6.07, 6.45) is 1.60. The van der Waals surface area contributed by atoms with E-state index in [0.29, 0.717) is 39.0 Å². The van der Waals surface area contributed by atoms with Crippen LogP contribution >= 0.6 is 22.9 Å². The predicted molar refractivity (Wildman–Crippen MR) is 144 cm³/mol. The molecule has 7 nitrogen and oxygen atoms in total. The van der Waals surface area contributed by atoms with Gasteiger partial charge in [0.15, 0.2) is 0 Å². The molecule has 6 aromatic rings. The van der Waals surface area contributed by atoms with Crippen LogP contribution in [0.3, 0.4) is 0 Å². The molecule has 36 heavy (non-hydrogen) atoms. The molecule has 0 aliphatic rings. The third-order valence-electron chi connectivity index (χ3n) is 6.21. The second-order valence-electron chi connectivity index (χ2n) is 8.50. The van der Waals surface area contributed by atoms with Crippen LogP contribution in [0.5, 0.6) is 0 Å². The molecule has 0 saturated carbocycles. The lowest BCUT2D eigenvalue weighted by Gasteiger charge is -2.12. The molecular weight excluding hydrogens is 494 g/mol. The Kier molecular flexibility index (Phi) is 5.55. The van der Waals surface area contributed by atoms with E-state index in [1.54, 1.807) is 34.5 Å². The Hall–Kier alpha value is -4.01. The summed E-state index contributed by atoms with van der Waals surface area (Å²) in [7, 11) is 0. The Morgan fingerprint density at radius 1 is 0.944 bits per heavy atom. The number of hydrogen-bond donors (Lipinski definition) is 0. The summed E-state index contributed by atoms with van der Waals surface area (Å²) in [5.41, 5.74) is 3.18. The zero-order valence-corrected chi connectivity index (χ0v) is 20.8. The van der Waals surface area contributed by atoms with Gasteiger partial charge in [0.05, 0.1) is 39.9 Å². The van der Waals surface area contributed by atoms with E-state index < -0.39 is 0 Å². The summed E-state index contributed by atoms with van der Waals surface area (Å²) in [5.74, 6) is 0. The molecular formula is C27H20ClN5O2S. The Morgan fingerprint density at radius 3 is 2.50 bits per heavy atom. The van der Waals surface area contributed by atoms with Crippen LogP contribution < -0.4 is 11.1 Å². The number of thiazole rings is 1. The molecule has 0 aliphatic carbocycles. The van der Waals surface area contributed by atoms with Crippen LogP contribution in [0.15, 0.2) is 88.6 Å². The fourth-order valence-electron chi connectivity index (χ4n) is 4.49. The summed E-state index contributed by atoms with van der Waals surface area (Å²) in [6.45, 7) is 2.42. The Morgan fingerprint density at radius 2 is 1.72 bits per heavy atom. The largest absolute Gasteiger partial charge is 0.306 e. The maximum absolute atomic E-state index is 14.0. The summed E-state index contributed by atoms with van der Waals surface area (Å²) in [5, 5.41) is 1.58. The molecule has 9 heteroatoms. The molecule has 0 atom stereocenters. The average Bonchev–Trinajstić information content (AvgIpc) is 3.41. The summed E-state index contributed by atoms with van der Waals surface area (Å²) < 4.78 is 6.00. The van der Waals surface area contributed by atoms with Crippen LogP contribution in [-0.4, -0.2) is 23.9 Å². The fourth-order valence-corrected chi connectivity index (χ4v) is 5.65. The number of nitrogens with zero attached hydrogens (tertiary/aromatic N) is 5. The standard InChI is InChI=1S/C27H20ClN5O2S/c1-17-25-22(14-24(34)31(17)16-20-13-19(28)11-12-29-20)32(15-18-7-3-2-4-8-18)33(26(25)35)27-30-21-9-5-6-10-23(21)36-27/h2-14H,15-16H2,1H3. The Labute approximate surface area is 214 Å². The van der Waals surface area contributed by atoms with Crippen molar-refractivity contribution >= 4 is 44.1 Å². The van der Waals surface area contributed by atoms with Gasteiger partial charge in [0.25, 0.3) is 11.1 Å². The van der Waals surface area contributed by atoms with Gasteiger partial charge in [-0.25, -0.2) is 4.98 Å². The average molecular weight is 514 g/mol. The van der Waals surface area contributed by atoms with Gasteiger partial charge in [-0.3, -0.25) is 19.3 Å². The fraction of sp³-hybridized carbons (Fsp3) is 0.111. The molecule has 0 aliphatic heterocycles. The van der Waals surface area contributed by atoms with E-state index in [1.807, 2.05) is 59.3 Å². The molecule has 4 heterocycles. The van der Waals surface area contributed by atoms with E-state index in [0.717, 1.165) is 15.8 Å². The lowest BCUT2D eigenvalue weighted by atomic mass is 10.2. The van der Waals surface area contributed by atoms with Crippen LogP contribution in [0, 0.1) is 6.92 Å². The first kappa shape index (κ1) is 22.5. The molecule has 0 radical (unpaired) electrons. The van der Waals surface area contributed by atoms with E-state index >= 15 is 0 Å². The minimum atomic E-state index is -0.218. The molecule has 6 rings (SSSR count). The van der Waals surface area contributed by atoms with Crippen molar-refractivity contribution in [3.05, 3.63) is 122 Å². The van der Waals surface area contributed by atoms with Crippen molar-refractivity contribution in [2.24, 2.45) is 0 Å². The number of para-hydroxylation sites is 1. The van der Waals surface area contributed by atoms with E-state index in [4.69, 9.17) is 16.6 Å². The molecule has 0 unspecified atom stereocenters. The highest BCUT2D eigenvalue weighted by Crippen LogP contribution is 2.26. The molecule has 0 saturated heterocycles. The Bertz CT molecular complexity index is 1830. The molecule has 0 N–H and O–H groups in total. The second kappa shape index (κ2) is 8.89. The highest BCUT2D eigenvalue weighted by molar-refractivity contribution is 7.20. The highest BCUT2D eigenvalue weighted by atomic mass is 35.5. The maximum Gasteiger partial charge on any atom is 0.283 e. The number of aromatic nitrogens is 5. The molecule has 0 bridgehead atoms. The third kappa shape index (κ3) is 3.84. The van der Waals surface area contributed by atoms with Gasteiger partial charge in [-0.15, -0.1) is 0 Å². The zero-order chi connectivity index (χ0) is 24.8. The number of benzene rings is 2. The van der Waals surface area contributed by atoms with Crippen molar-refractivity contribution in [3.8, 4) is 5.13 Å². The van der Waals surface area contributed by atoms with Crippen LogP contribution in [0.1, 0.15) is 17.0 Å². The quantitative estimate of drug-likeness (QED) is 0.324.